The van der Waals surface area contributed by atoms with Crippen LogP contribution in [-0.2, 0) is 11.2 Å². The van der Waals surface area contributed by atoms with E-state index in [4.69, 9.17) is 11.6 Å². The van der Waals surface area contributed by atoms with Gasteiger partial charge in [0.15, 0.2) is 0 Å². The summed E-state index contributed by atoms with van der Waals surface area (Å²) in [7, 11) is 0. The van der Waals surface area contributed by atoms with E-state index in [9.17, 15) is 4.79 Å². The van der Waals surface area contributed by atoms with Crippen molar-refractivity contribution in [3.8, 4) is 0 Å². The van der Waals surface area contributed by atoms with E-state index < -0.39 is 0 Å². The van der Waals surface area contributed by atoms with Crippen LogP contribution in [0.5, 0.6) is 0 Å². The summed E-state index contributed by atoms with van der Waals surface area (Å²) in [4.78, 5) is 13.2. The summed E-state index contributed by atoms with van der Waals surface area (Å²) in [6, 6.07) is 4.17. The summed E-state index contributed by atoms with van der Waals surface area (Å²) >= 11 is 7.78. The van der Waals surface area contributed by atoms with Crippen molar-refractivity contribution in [2.24, 2.45) is 5.41 Å². The van der Waals surface area contributed by atoms with Gasteiger partial charge in [-0.15, -0.1) is 22.9 Å². The van der Waals surface area contributed by atoms with Crippen molar-refractivity contribution >= 4 is 28.8 Å². The lowest BCUT2D eigenvalue weighted by molar-refractivity contribution is -0.121. The third kappa shape index (κ3) is 5.53. The van der Waals surface area contributed by atoms with Gasteiger partial charge in [-0.05, 0) is 37.1 Å². The third-order valence-electron chi connectivity index (χ3n) is 3.85. The quantitative estimate of drug-likeness (QED) is 0.679. The molecule has 0 spiro atoms. The Bertz CT molecular complexity index is 352. The van der Waals surface area contributed by atoms with E-state index in [2.05, 4.69) is 36.7 Å². The zero-order chi connectivity index (χ0) is 14.1. The highest BCUT2D eigenvalue weighted by molar-refractivity contribution is 7.09. The molecule has 0 unspecified atom stereocenters. The van der Waals surface area contributed by atoms with Crippen molar-refractivity contribution in [2.45, 2.75) is 46.0 Å². The molecule has 1 N–H and O–H groups in total. The molecule has 0 fully saturated rings. The summed E-state index contributed by atoms with van der Waals surface area (Å²) < 4.78 is 0. The molecule has 2 nitrogen and oxygen atoms in total. The molecule has 0 bridgehead atoms. The average Bonchev–Trinajstić information content (AvgIpc) is 2.94. The minimum Gasteiger partial charge on any atom is -0.356 e. The molecule has 1 aromatic rings. The Morgan fingerprint density at radius 2 is 2.16 bits per heavy atom. The second-order valence-electron chi connectivity index (χ2n) is 5.05. The first-order valence-corrected chi connectivity index (χ1v) is 8.42. The van der Waals surface area contributed by atoms with Gasteiger partial charge in [-0.3, -0.25) is 4.79 Å². The second-order valence-corrected chi connectivity index (χ2v) is 6.35. The van der Waals surface area contributed by atoms with E-state index in [0.717, 1.165) is 25.7 Å². The van der Waals surface area contributed by atoms with Crippen LogP contribution < -0.4 is 5.32 Å². The lowest BCUT2D eigenvalue weighted by atomic mass is 9.84. The van der Waals surface area contributed by atoms with Gasteiger partial charge in [0.25, 0.3) is 0 Å². The number of aryl methyl sites for hydroxylation is 1. The van der Waals surface area contributed by atoms with Gasteiger partial charge in [0.2, 0.25) is 5.91 Å². The predicted molar refractivity (Wildman–Crippen MR) is 84.0 cm³/mol. The van der Waals surface area contributed by atoms with Crippen LogP contribution in [0.15, 0.2) is 17.5 Å². The molecule has 0 atom stereocenters. The lowest BCUT2D eigenvalue weighted by Crippen LogP contribution is -2.38. The number of halogens is 1. The van der Waals surface area contributed by atoms with Crippen LogP contribution in [0.1, 0.15) is 44.4 Å². The summed E-state index contributed by atoms with van der Waals surface area (Å²) in [6.45, 7) is 4.96. The maximum atomic E-state index is 11.8. The van der Waals surface area contributed by atoms with Crippen molar-refractivity contribution in [1.82, 2.24) is 5.32 Å². The number of hydrogen-bond acceptors (Lipinski definition) is 2. The van der Waals surface area contributed by atoms with Gasteiger partial charge in [0.05, 0.1) is 0 Å². The molecule has 0 saturated heterocycles. The fourth-order valence-corrected chi connectivity index (χ4v) is 3.21. The highest BCUT2D eigenvalue weighted by Gasteiger charge is 2.25. The Kier molecular flexibility index (Phi) is 7.47. The maximum absolute atomic E-state index is 11.8. The minimum absolute atomic E-state index is 0.0605. The average molecular weight is 302 g/mol. The van der Waals surface area contributed by atoms with E-state index in [0.29, 0.717) is 18.8 Å². The van der Waals surface area contributed by atoms with Crippen molar-refractivity contribution in [3.63, 3.8) is 0 Å². The molecule has 4 heteroatoms. The molecule has 0 aliphatic carbocycles. The van der Waals surface area contributed by atoms with Gasteiger partial charge in [0, 0.05) is 29.1 Å². The van der Waals surface area contributed by atoms with Crippen LogP contribution in [0.25, 0.3) is 0 Å². The second kappa shape index (κ2) is 8.60. The van der Waals surface area contributed by atoms with Gasteiger partial charge in [0.1, 0.15) is 0 Å². The van der Waals surface area contributed by atoms with Crippen molar-refractivity contribution in [2.75, 3.05) is 12.4 Å². The fourth-order valence-electron chi connectivity index (χ4n) is 1.99. The number of alkyl halides is 1. The Labute approximate surface area is 125 Å². The topological polar surface area (TPSA) is 29.1 Å². The predicted octanol–water partition coefficient (Wildman–Crippen LogP) is 4.23. The summed E-state index contributed by atoms with van der Waals surface area (Å²) in [6.07, 6.45) is 4.51. The molecular weight excluding hydrogens is 278 g/mol. The van der Waals surface area contributed by atoms with Gasteiger partial charge in [-0.25, -0.2) is 0 Å². The van der Waals surface area contributed by atoms with Crippen LogP contribution in [0, 0.1) is 5.41 Å². The zero-order valence-electron chi connectivity index (χ0n) is 11.9. The Balaban J connectivity index is 2.23. The van der Waals surface area contributed by atoms with Gasteiger partial charge in [-0.1, -0.05) is 19.9 Å². The molecule has 0 aliphatic rings. The molecule has 0 aromatic carbocycles. The number of rotatable bonds is 9. The number of carbonyl (C=O) groups excluding carboxylic acids is 1. The van der Waals surface area contributed by atoms with Gasteiger partial charge >= 0.3 is 0 Å². The van der Waals surface area contributed by atoms with Crippen molar-refractivity contribution < 1.29 is 4.79 Å². The molecule has 1 aromatic heterocycles. The Morgan fingerprint density at radius 3 is 2.68 bits per heavy atom. The van der Waals surface area contributed by atoms with Crippen LogP contribution in [0.2, 0.25) is 0 Å². The van der Waals surface area contributed by atoms with E-state index in [-0.39, 0.29) is 11.3 Å². The van der Waals surface area contributed by atoms with Crippen LogP contribution >= 0.6 is 22.9 Å². The summed E-state index contributed by atoms with van der Waals surface area (Å²) in [5.41, 5.74) is 0.0605. The number of hydrogen-bond donors (Lipinski definition) is 1. The first-order chi connectivity index (χ1) is 9.15. The third-order valence-corrected chi connectivity index (χ3v) is 5.35. The van der Waals surface area contributed by atoms with E-state index in [1.165, 1.54) is 4.88 Å². The van der Waals surface area contributed by atoms with Crippen LogP contribution in [-0.4, -0.2) is 18.3 Å². The molecule has 1 amide bonds. The first-order valence-electron chi connectivity index (χ1n) is 7.01. The van der Waals surface area contributed by atoms with E-state index >= 15 is 0 Å². The number of amides is 1. The number of thiophene rings is 1. The Morgan fingerprint density at radius 1 is 1.42 bits per heavy atom. The highest BCUT2D eigenvalue weighted by atomic mass is 35.5. The largest absolute Gasteiger partial charge is 0.356 e. The molecule has 19 heavy (non-hydrogen) atoms. The molecule has 0 aliphatic heterocycles. The summed E-state index contributed by atoms with van der Waals surface area (Å²) in [5.74, 6) is 0.753. The highest BCUT2D eigenvalue weighted by Crippen LogP contribution is 2.26. The minimum atomic E-state index is 0.0605. The molecule has 0 saturated carbocycles. The van der Waals surface area contributed by atoms with Gasteiger partial charge < -0.3 is 5.32 Å². The fraction of sp³-hybridized carbons (Fsp3) is 0.667. The smallest absolute Gasteiger partial charge is 0.220 e. The van der Waals surface area contributed by atoms with Gasteiger partial charge in [-0.2, -0.15) is 0 Å². The lowest BCUT2D eigenvalue weighted by Gasteiger charge is -2.29. The maximum Gasteiger partial charge on any atom is 0.220 e. The molecule has 1 rings (SSSR count). The first kappa shape index (κ1) is 16.5. The molecule has 0 radical (unpaired) electrons. The normalized spacial score (nSPS) is 11.5. The van der Waals surface area contributed by atoms with Crippen LogP contribution in [0.4, 0.5) is 0 Å². The van der Waals surface area contributed by atoms with E-state index in [1.54, 1.807) is 11.3 Å². The van der Waals surface area contributed by atoms with Crippen molar-refractivity contribution in [1.29, 1.82) is 0 Å². The summed E-state index contributed by atoms with van der Waals surface area (Å²) in [5, 5.41) is 5.11. The Hall–Kier alpha value is -0.540. The zero-order valence-corrected chi connectivity index (χ0v) is 13.4. The van der Waals surface area contributed by atoms with E-state index in [1.807, 2.05) is 0 Å². The van der Waals surface area contributed by atoms with Crippen molar-refractivity contribution in [3.05, 3.63) is 22.4 Å². The standard InChI is InChI=1S/C15H24ClNOS/c1-3-15(4-2,11-16)12-17-14(18)9-5-7-13-8-6-10-19-13/h6,8,10H,3-5,7,9,11-12H2,1-2H3,(H,17,18). The molecule has 1 heterocycles. The van der Waals surface area contributed by atoms with Crippen LogP contribution in [0.3, 0.4) is 0 Å². The number of nitrogens with one attached hydrogen (secondary N) is 1. The SMILES string of the molecule is CCC(CC)(CCl)CNC(=O)CCCc1cccs1. The molecule has 108 valence electrons. The monoisotopic (exact) mass is 301 g/mol. The number of carbonyl (C=O) groups is 1. The molecular formula is C15H24ClNOS.